The molecule has 0 radical (unpaired) electrons. The van der Waals surface area contributed by atoms with Crippen LogP contribution in [0.1, 0.15) is 17.3 Å². The van der Waals surface area contributed by atoms with Crippen molar-refractivity contribution in [2.75, 3.05) is 11.9 Å². The number of nitrogens with one attached hydrogen (secondary N) is 2. The minimum absolute atomic E-state index is 0.0144. The number of carbonyl (C=O) groups excluding carboxylic acids is 1. The lowest BCUT2D eigenvalue weighted by Crippen LogP contribution is -2.34. The fraction of sp³-hybridized carbons (Fsp3) is 0.125. The summed E-state index contributed by atoms with van der Waals surface area (Å²) in [5.74, 6) is -1.18. The van der Waals surface area contributed by atoms with E-state index in [9.17, 15) is 19.3 Å². The van der Waals surface area contributed by atoms with Gasteiger partial charge in [0.15, 0.2) is 10.9 Å². The molecule has 136 valence electrons. The molecule has 0 aliphatic carbocycles. The number of anilines is 1. The Hall–Kier alpha value is -2.59. The van der Waals surface area contributed by atoms with Gasteiger partial charge < -0.3 is 10.1 Å². The molecule has 0 heterocycles. The van der Waals surface area contributed by atoms with Gasteiger partial charge in [-0.15, -0.1) is 0 Å². The normalized spacial score (nSPS) is 10.1. The Kier molecular flexibility index (Phi) is 6.58. The highest BCUT2D eigenvalue weighted by atomic mass is 79.9. The van der Waals surface area contributed by atoms with Gasteiger partial charge in [0.05, 0.1) is 17.2 Å². The lowest BCUT2D eigenvalue weighted by atomic mass is 10.1. The van der Waals surface area contributed by atoms with Gasteiger partial charge in [0.25, 0.3) is 5.91 Å². The van der Waals surface area contributed by atoms with Crippen molar-refractivity contribution in [1.82, 2.24) is 5.32 Å². The standard InChI is InChI=1S/C16H13BrFN3O4S/c1-2-25-14-6-3-9(7-13(14)21(23)24)15(22)20-16(26)19-12-5-4-10(17)8-11(12)18/h3-8H,2H2,1H3,(H2,19,20,22,26). The van der Waals surface area contributed by atoms with Crippen molar-refractivity contribution in [1.29, 1.82) is 0 Å². The van der Waals surface area contributed by atoms with Crippen molar-refractivity contribution in [3.63, 3.8) is 0 Å². The van der Waals surface area contributed by atoms with Crippen LogP contribution in [0.2, 0.25) is 0 Å². The van der Waals surface area contributed by atoms with E-state index in [1.807, 2.05) is 0 Å². The highest BCUT2D eigenvalue weighted by Gasteiger charge is 2.19. The van der Waals surface area contributed by atoms with Gasteiger partial charge >= 0.3 is 5.69 Å². The van der Waals surface area contributed by atoms with E-state index in [0.717, 1.165) is 6.07 Å². The van der Waals surface area contributed by atoms with Gasteiger partial charge in [-0.1, -0.05) is 15.9 Å². The quantitative estimate of drug-likeness (QED) is 0.413. The molecule has 7 nitrogen and oxygen atoms in total. The first-order chi connectivity index (χ1) is 12.3. The van der Waals surface area contributed by atoms with E-state index in [2.05, 4.69) is 26.6 Å². The molecule has 0 saturated carbocycles. The largest absolute Gasteiger partial charge is 0.487 e. The second-order valence-corrected chi connectivity index (χ2v) is 6.23. The van der Waals surface area contributed by atoms with Crippen LogP contribution in [0, 0.1) is 15.9 Å². The summed E-state index contributed by atoms with van der Waals surface area (Å²) in [5, 5.41) is 15.9. The van der Waals surface area contributed by atoms with Crippen LogP contribution >= 0.6 is 28.1 Å². The number of amides is 1. The van der Waals surface area contributed by atoms with Gasteiger partial charge in [-0.2, -0.15) is 0 Å². The molecule has 0 spiro atoms. The van der Waals surface area contributed by atoms with Crippen LogP contribution in [0.3, 0.4) is 0 Å². The average Bonchev–Trinajstić information content (AvgIpc) is 2.57. The number of carbonyl (C=O) groups is 1. The molecule has 0 aliphatic heterocycles. The minimum Gasteiger partial charge on any atom is -0.487 e. The van der Waals surface area contributed by atoms with Crippen LogP contribution in [0.15, 0.2) is 40.9 Å². The number of nitro benzene ring substituents is 1. The predicted octanol–water partition coefficient (Wildman–Crippen LogP) is 4.02. The molecule has 0 unspecified atom stereocenters. The van der Waals surface area contributed by atoms with Crippen LogP contribution in [-0.2, 0) is 0 Å². The predicted molar refractivity (Wildman–Crippen MR) is 102 cm³/mol. The number of hydrogen-bond acceptors (Lipinski definition) is 5. The second-order valence-electron chi connectivity index (χ2n) is 4.91. The smallest absolute Gasteiger partial charge is 0.311 e. The summed E-state index contributed by atoms with van der Waals surface area (Å²) in [6.07, 6.45) is 0. The van der Waals surface area contributed by atoms with E-state index in [4.69, 9.17) is 17.0 Å². The summed E-state index contributed by atoms with van der Waals surface area (Å²) in [6, 6.07) is 8.08. The minimum atomic E-state index is -0.675. The first-order valence-electron chi connectivity index (χ1n) is 7.30. The lowest BCUT2D eigenvalue weighted by molar-refractivity contribution is -0.385. The van der Waals surface area contributed by atoms with Gasteiger partial charge in [0.2, 0.25) is 0 Å². The first-order valence-corrected chi connectivity index (χ1v) is 8.50. The fourth-order valence-electron chi connectivity index (χ4n) is 2.00. The summed E-state index contributed by atoms with van der Waals surface area (Å²) < 4.78 is 19.5. The zero-order valence-electron chi connectivity index (χ0n) is 13.4. The number of thiocarbonyl (C=S) groups is 1. The maximum atomic E-state index is 13.8. The maximum Gasteiger partial charge on any atom is 0.311 e. The van der Waals surface area contributed by atoms with Crippen molar-refractivity contribution in [2.24, 2.45) is 0 Å². The number of nitro groups is 1. The van der Waals surface area contributed by atoms with Crippen LogP contribution in [-0.4, -0.2) is 22.5 Å². The first kappa shape index (κ1) is 19.7. The molecule has 1 amide bonds. The van der Waals surface area contributed by atoms with Crippen LogP contribution in [0.25, 0.3) is 0 Å². The molecule has 10 heteroatoms. The van der Waals surface area contributed by atoms with Crippen LogP contribution in [0.5, 0.6) is 5.75 Å². The molecular weight excluding hydrogens is 429 g/mol. The molecule has 2 aromatic rings. The van der Waals surface area contributed by atoms with Crippen molar-refractivity contribution in [2.45, 2.75) is 6.92 Å². The summed E-state index contributed by atoms with van der Waals surface area (Å²) in [4.78, 5) is 22.7. The van der Waals surface area contributed by atoms with E-state index in [1.54, 1.807) is 13.0 Å². The van der Waals surface area contributed by atoms with Crippen molar-refractivity contribution >= 4 is 50.5 Å². The molecular formula is C16H13BrFN3O4S. The Bertz CT molecular complexity index is 879. The third kappa shape index (κ3) is 4.96. The van der Waals surface area contributed by atoms with Crippen molar-refractivity contribution in [3.05, 3.63) is 62.4 Å². The van der Waals surface area contributed by atoms with E-state index in [-0.39, 0.29) is 34.4 Å². The Labute approximate surface area is 161 Å². The maximum absolute atomic E-state index is 13.8. The van der Waals surface area contributed by atoms with Crippen LogP contribution < -0.4 is 15.4 Å². The van der Waals surface area contributed by atoms with Crippen molar-refractivity contribution in [3.8, 4) is 5.75 Å². The van der Waals surface area contributed by atoms with Gasteiger partial charge in [0, 0.05) is 16.1 Å². The highest BCUT2D eigenvalue weighted by molar-refractivity contribution is 9.10. The van der Waals surface area contributed by atoms with E-state index >= 15 is 0 Å². The third-order valence-electron chi connectivity index (χ3n) is 3.12. The molecule has 0 saturated heterocycles. The number of nitrogens with zero attached hydrogens (tertiary/aromatic N) is 1. The number of benzene rings is 2. The Balaban J connectivity index is 2.12. The highest BCUT2D eigenvalue weighted by Crippen LogP contribution is 2.28. The zero-order chi connectivity index (χ0) is 19.3. The molecule has 2 aromatic carbocycles. The molecule has 2 N–H and O–H groups in total. The molecule has 0 bridgehead atoms. The topological polar surface area (TPSA) is 93.5 Å². The Morgan fingerprint density at radius 3 is 2.69 bits per heavy atom. The fourth-order valence-corrected chi connectivity index (χ4v) is 2.53. The molecule has 26 heavy (non-hydrogen) atoms. The van der Waals surface area contributed by atoms with Gasteiger partial charge in [-0.25, -0.2) is 4.39 Å². The van der Waals surface area contributed by atoms with E-state index in [0.29, 0.717) is 4.47 Å². The van der Waals surface area contributed by atoms with Crippen molar-refractivity contribution < 1.29 is 18.8 Å². The zero-order valence-corrected chi connectivity index (χ0v) is 15.8. The molecule has 0 aromatic heterocycles. The van der Waals surface area contributed by atoms with E-state index < -0.39 is 16.6 Å². The van der Waals surface area contributed by atoms with Gasteiger partial charge in [0.1, 0.15) is 5.82 Å². The van der Waals surface area contributed by atoms with Crippen LogP contribution in [0.4, 0.5) is 15.8 Å². The Morgan fingerprint density at radius 2 is 2.08 bits per heavy atom. The molecule has 0 aliphatic rings. The van der Waals surface area contributed by atoms with Gasteiger partial charge in [-0.05, 0) is 49.5 Å². The third-order valence-corrected chi connectivity index (χ3v) is 3.82. The summed E-state index contributed by atoms with van der Waals surface area (Å²) >= 11 is 8.11. The monoisotopic (exact) mass is 441 g/mol. The SMILES string of the molecule is CCOc1ccc(C(=O)NC(=S)Nc2ccc(Br)cc2F)cc1[N+](=O)[O-]. The molecule has 0 fully saturated rings. The summed E-state index contributed by atoms with van der Waals surface area (Å²) in [5.41, 5.74) is -0.242. The number of ether oxygens (including phenoxy) is 1. The second kappa shape index (κ2) is 8.68. The van der Waals surface area contributed by atoms with E-state index in [1.165, 1.54) is 24.3 Å². The number of halogens is 2. The summed E-state index contributed by atoms with van der Waals surface area (Å²) in [6.45, 7) is 1.94. The van der Waals surface area contributed by atoms with Gasteiger partial charge in [-0.3, -0.25) is 20.2 Å². The summed E-state index contributed by atoms with van der Waals surface area (Å²) in [7, 11) is 0. The Morgan fingerprint density at radius 1 is 1.35 bits per heavy atom. The number of hydrogen-bond donors (Lipinski definition) is 2. The molecule has 2 rings (SSSR count). The average molecular weight is 442 g/mol. The number of rotatable bonds is 5. The lowest BCUT2D eigenvalue weighted by Gasteiger charge is -2.11. The molecule has 0 atom stereocenters.